The first kappa shape index (κ1) is 12.7. The van der Waals surface area contributed by atoms with Gasteiger partial charge in [-0.25, -0.2) is 0 Å². The molecular formula is C19H20N2. The lowest BCUT2D eigenvalue weighted by Gasteiger charge is -2.11. The number of aromatic nitrogens is 1. The SMILES string of the molecule is C=C(CNC1CC1)Cn1c2ccccc2c2ccccc21. The van der Waals surface area contributed by atoms with Crippen LogP contribution >= 0.6 is 0 Å². The summed E-state index contributed by atoms with van der Waals surface area (Å²) < 4.78 is 2.39. The van der Waals surface area contributed by atoms with Crippen molar-refractivity contribution < 1.29 is 0 Å². The van der Waals surface area contributed by atoms with Crippen molar-refractivity contribution in [2.24, 2.45) is 0 Å². The topological polar surface area (TPSA) is 17.0 Å². The van der Waals surface area contributed by atoms with E-state index in [1.165, 1.54) is 40.2 Å². The Morgan fingerprint density at radius 2 is 1.57 bits per heavy atom. The molecule has 4 rings (SSSR count). The first-order valence-corrected chi connectivity index (χ1v) is 7.69. The number of nitrogens with one attached hydrogen (secondary N) is 1. The first-order chi connectivity index (χ1) is 10.3. The predicted molar refractivity (Wildman–Crippen MR) is 89.6 cm³/mol. The van der Waals surface area contributed by atoms with Gasteiger partial charge in [-0.3, -0.25) is 0 Å². The third-order valence-electron chi connectivity index (χ3n) is 4.28. The Morgan fingerprint density at radius 1 is 1.00 bits per heavy atom. The van der Waals surface area contributed by atoms with Gasteiger partial charge in [0.25, 0.3) is 0 Å². The van der Waals surface area contributed by atoms with E-state index < -0.39 is 0 Å². The molecule has 1 aliphatic rings. The zero-order chi connectivity index (χ0) is 14.2. The first-order valence-electron chi connectivity index (χ1n) is 7.69. The van der Waals surface area contributed by atoms with Crippen LogP contribution in [-0.4, -0.2) is 17.2 Å². The van der Waals surface area contributed by atoms with Gasteiger partial charge in [0.05, 0.1) is 0 Å². The summed E-state index contributed by atoms with van der Waals surface area (Å²) in [5.41, 5.74) is 3.84. The highest BCUT2D eigenvalue weighted by molar-refractivity contribution is 6.07. The maximum atomic E-state index is 4.26. The Hall–Kier alpha value is -2.06. The number of nitrogens with zero attached hydrogens (tertiary/aromatic N) is 1. The molecule has 1 N–H and O–H groups in total. The van der Waals surface area contributed by atoms with Gasteiger partial charge < -0.3 is 9.88 Å². The van der Waals surface area contributed by atoms with E-state index in [4.69, 9.17) is 0 Å². The Labute approximate surface area is 125 Å². The van der Waals surface area contributed by atoms with Crippen LogP contribution in [0, 0.1) is 0 Å². The van der Waals surface area contributed by atoms with Gasteiger partial charge in [-0.05, 0) is 30.5 Å². The van der Waals surface area contributed by atoms with Crippen molar-refractivity contribution in [1.82, 2.24) is 9.88 Å². The van der Waals surface area contributed by atoms with Gasteiger partial charge in [0.2, 0.25) is 0 Å². The molecule has 2 nitrogen and oxygen atoms in total. The zero-order valence-corrected chi connectivity index (χ0v) is 12.2. The van der Waals surface area contributed by atoms with E-state index in [2.05, 4.69) is 65.0 Å². The monoisotopic (exact) mass is 276 g/mol. The van der Waals surface area contributed by atoms with E-state index >= 15 is 0 Å². The molecule has 106 valence electrons. The van der Waals surface area contributed by atoms with Crippen molar-refractivity contribution in [2.75, 3.05) is 6.54 Å². The Morgan fingerprint density at radius 3 is 2.14 bits per heavy atom. The van der Waals surface area contributed by atoms with E-state index in [9.17, 15) is 0 Å². The summed E-state index contributed by atoms with van der Waals surface area (Å²) in [4.78, 5) is 0. The van der Waals surface area contributed by atoms with E-state index in [1.807, 2.05) is 0 Å². The molecule has 0 unspecified atom stereocenters. The highest BCUT2D eigenvalue weighted by atomic mass is 15.0. The van der Waals surface area contributed by atoms with Crippen molar-refractivity contribution in [2.45, 2.75) is 25.4 Å². The average molecular weight is 276 g/mol. The molecular weight excluding hydrogens is 256 g/mol. The molecule has 0 spiro atoms. The molecule has 21 heavy (non-hydrogen) atoms. The second kappa shape index (κ2) is 5.05. The lowest BCUT2D eigenvalue weighted by atomic mass is 10.2. The molecule has 0 radical (unpaired) electrons. The van der Waals surface area contributed by atoms with Crippen LogP contribution in [0.3, 0.4) is 0 Å². The molecule has 0 bridgehead atoms. The summed E-state index contributed by atoms with van der Waals surface area (Å²) in [7, 11) is 0. The summed E-state index contributed by atoms with van der Waals surface area (Å²) in [5, 5.41) is 6.21. The van der Waals surface area contributed by atoms with Crippen LogP contribution in [0.4, 0.5) is 0 Å². The normalized spacial score (nSPS) is 14.9. The largest absolute Gasteiger partial charge is 0.336 e. The third-order valence-corrected chi connectivity index (χ3v) is 4.28. The average Bonchev–Trinajstić information content (AvgIpc) is 3.30. The van der Waals surface area contributed by atoms with Crippen LogP contribution in [0.1, 0.15) is 12.8 Å². The van der Waals surface area contributed by atoms with Crippen molar-refractivity contribution in [3.8, 4) is 0 Å². The maximum Gasteiger partial charge on any atom is 0.0494 e. The smallest absolute Gasteiger partial charge is 0.0494 e. The third kappa shape index (κ3) is 2.36. The number of rotatable bonds is 5. The molecule has 1 aromatic heterocycles. The van der Waals surface area contributed by atoms with Gasteiger partial charge in [-0.1, -0.05) is 43.0 Å². The Kier molecular flexibility index (Phi) is 3.04. The van der Waals surface area contributed by atoms with E-state index in [-0.39, 0.29) is 0 Å². The summed E-state index contributed by atoms with van der Waals surface area (Å²) in [5.74, 6) is 0. The summed E-state index contributed by atoms with van der Waals surface area (Å²) >= 11 is 0. The number of hydrogen-bond donors (Lipinski definition) is 1. The summed E-state index contributed by atoms with van der Waals surface area (Å²) in [6, 6.07) is 18.0. The molecule has 1 saturated carbocycles. The van der Waals surface area contributed by atoms with Gasteiger partial charge >= 0.3 is 0 Å². The van der Waals surface area contributed by atoms with E-state index in [0.717, 1.165) is 19.1 Å². The molecule has 1 aliphatic carbocycles. The van der Waals surface area contributed by atoms with Crippen LogP contribution in [0.15, 0.2) is 60.7 Å². The number of hydrogen-bond acceptors (Lipinski definition) is 1. The molecule has 0 amide bonds. The Bertz CT molecular complexity index is 755. The highest BCUT2D eigenvalue weighted by Crippen LogP contribution is 2.29. The van der Waals surface area contributed by atoms with E-state index in [1.54, 1.807) is 0 Å². The van der Waals surface area contributed by atoms with Crippen molar-refractivity contribution in [3.05, 3.63) is 60.7 Å². The van der Waals surface area contributed by atoms with Crippen LogP contribution in [-0.2, 0) is 6.54 Å². The minimum atomic E-state index is 0.736. The number of benzene rings is 2. The lowest BCUT2D eigenvalue weighted by molar-refractivity contribution is 0.697. The summed E-state index contributed by atoms with van der Waals surface area (Å²) in [6.07, 6.45) is 2.64. The lowest BCUT2D eigenvalue weighted by Crippen LogP contribution is -2.20. The number of para-hydroxylation sites is 2. The molecule has 0 saturated heterocycles. The molecule has 1 fully saturated rings. The van der Waals surface area contributed by atoms with Crippen LogP contribution in [0.2, 0.25) is 0 Å². The summed E-state index contributed by atoms with van der Waals surface area (Å²) in [6.45, 7) is 6.06. The second-order valence-corrected chi connectivity index (χ2v) is 6.03. The molecule has 2 aromatic carbocycles. The van der Waals surface area contributed by atoms with Gasteiger partial charge in [-0.2, -0.15) is 0 Å². The van der Waals surface area contributed by atoms with Crippen LogP contribution in [0.5, 0.6) is 0 Å². The minimum absolute atomic E-state index is 0.736. The quantitative estimate of drug-likeness (QED) is 0.694. The second-order valence-electron chi connectivity index (χ2n) is 6.03. The van der Waals surface area contributed by atoms with Gasteiger partial charge in [-0.15, -0.1) is 0 Å². The molecule has 1 heterocycles. The van der Waals surface area contributed by atoms with Gasteiger partial charge in [0.1, 0.15) is 0 Å². The minimum Gasteiger partial charge on any atom is -0.336 e. The fraction of sp³-hybridized carbons (Fsp3) is 0.263. The molecule has 0 atom stereocenters. The maximum absolute atomic E-state index is 4.26. The highest BCUT2D eigenvalue weighted by Gasteiger charge is 2.20. The standard InChI is InChI=1S/C19H20N2/c1-14(12-20-15-10-11-15)13-21-18-8-4-2-6-16(18)17-7-3-5-9-19(17)21/h2-9,15,20H,1,10-13H2. The molecule has 0 aliphatic heterocycles. The van der Waals surface area contributed by atoms with E-state index in [0.29, 0.717) is 0 Å². The fourth-order valence-electron chi connectivity index (χ4n) is 3.03. The number of fused-ring (bicyclic) bond motifs is 3. The van der Waals surface area contributed by atoms with Crippen LogP contribution in [0.25, 0.3) is 21.8 Å². The zero-order valence-electron chi connectivity index (χ0n) is 12.2. The van der Waals surface area contributed by atoms with Crippen LogP contribution < -0.4 is 5.32 Å². The van der Waals surface area contributed by atoms with Crippen molar-refractivity contribution in [1.29, 1.82) is 0 Å². The fourth-order valence-corrected chi connectivity index (χ4v) is 3.03. The van der Waals surface area contributed by atoms with Crippen molar-refractivity contribution in [3.63, 3.8) is 0 Å². The molecule has 3 aromatic rings. The molecule has 2 heteroatoms. The van der Waals surface area contributed by atoms with Gasteiger partial charge in [0.15, 0.2) is 0 Å². The van der Waals surface area contributed by atoms with Gasteiger partial charge in [0, 0.05) is 40.9 Å². The Balaban J connectivity index is 1.72. The predicted octanol–water partition coefficient (Wildman–Crippen LogP) is 4.10. The van der Waals surface area contributed by atoms with Crippen molar-refractivity contribution >= 4 is 21.8 Å².